The van der Waals surface area contributed by atoms with Crippen molar-refractivity contribution in [1.82, 2.24) is 24.9 Å². The number of halogens is 3. The Kier molecular flexibility index (Phi) is 3.89. The van der Waals surface area contributed by atoms with Crippen LogP contribution in [0.4, 0.5) is 19.0 Å². The number of hydrogen-bond donors (Lipinski definition) is 1. The number of aryl methyl sites for hydroxylation is 1. The number of aromatic nitrogens is 5. The monoisotopic (exact) mass is 364 g/mol. The number of imidazole rings is 1. The molecule has 0 aromatic carbocycles. The van der Waals surface area contributed by atoms with Crippen molar-refractivity contribution in [3.05, 3.63) is 36.0 Å². The zero-order valence-electron chi connectivity index (χ0n) is 13.8. The number of hydrogen-bond acceptors (Lipinski definition) is 6. The first-order chi connectivity index (χ1) is 12.4. The van der Waals surface area contributed by atoms with Crippen molar-refractivity contribution in [1.29, 1.82) is 0 Å². The number of ether oxygens (including phenoxy) is 1. The normalized spacial score (nSPS) is 17.8. The number of aromatic amines is 1. The Hall–Kier alpha value is -2.91. The molecule has 0 bridgehead atoms. The lowest BCUT2D eigenvalue weighted by molar-refractivity contribution is -0.137. The van der Waals surface area contributed by atoms with Crippen molar-refractivity contribution in [3.8, 4) is 5.88 Å². The van der Waals surface area contributed by atoms with Crippen LogP contribution in [0.25, 0.3) is 11.2 Å². The van der Waals surface area contributed by atoms with Gasteiger partial charge in [0.05, 0.1) is 18.4 Å². The van der Waals surface area contributed by atoms with E-state index in [0.717, 1.165) is 12.1 Å². The summed E-state index contributed by atoms with van der Waals surface area (Å²) in [6.07, 6.45) is -1.27. The Morgan fingerprint density at radius 2 is 2.12 bits per heavy atom. The summed E-state index contributed by atoms with van der Waals surface area (Å²) in [6, 6.07) is 2.02. The summed E-state index contributed by atoms with van der Waals surface area (Å²) in [7, 11) is 0. The quantitative estimate of drug-likeness (QED) is 0.770. The molecule has 1 atom stereocenters. The first kappa shape index (κ1) is 16.6. The second-order valence-corrected chi connectivity index (χ2v) is 6.05. The predicted octanol–water partition coefficient (Wildman–Crippen LogP) is 2.73. The van der Waals surface area contributed by atoms with Gasteiger partial charge in [-0.2, -0.15) is 18.2 Å². The van der Waals surface area contributed by atoms with Crippen LogP contribution in [0.1, 0.15) is 17.8 Å². The molecule has 1 fully saturated rings. The summed E-state index contributed by atoms with van der Waals surface area (Å²) < 4.78 is 44.6. The molecule has 7 nitrogen and oxygen atoms in total. The lowest BCUT2D eigenvalue weighted by atomic mass is 10.2. The summed E-state index contributed by atoms with van der Waals surface area (Å²) in [5.74, 6) is 1.22. The van der Waals surface area contributed by atoms with E-state index in [1.807, 2.05) is 0 Å². The van der Waals surface area contributed by atoms with E-state index in [1.54, 1.807) is 11.8 Å². The third-order valence-corrected chi connectivity index (χ3v) is 4.18. The van der Waals surface area contributed by atoms with Crippen molar-refractivity contribution in [3.63, 3.8) is 0 Å². The van der Waals surface area contributed by atoms with Gasteiger partial charge in [-0.15, -0.1) is 0 Å². The minimum atomic E-state index is -4.39. The fourth-order valence-electron chi connectivity index (χ4n) is 2.95. The summed E-state index contributed by atoms with van der Waals surface area (Å²) in [5.41, 5.74) is 0.408. The van der Waals surface area contributed by atoms with E-state index in [2.05, 4.69) is 24.9 Å². The van der Waals surface area contributed by atoms with E-state index in [4.69, 9.17) is 4.74 Å². The van der Waals surface area contributed by atoms with Crippen LogP contribution in [0.15, 0.2) is 24.7 Å². The molecule has 4 rings (SSSR count). The molecule has 1 saturated heterocycles. The second kappa shape index (κ2) is 6.11. The van der Waals surface area contributed by atoms with Crippen LogP contribution in [-0.2, 0) is 6.18 Å². The summed E-state index contributed by atoms with van der Waals surface area (Å²) >= 11 is 0. The number of H-pyrrole nitrogens is 1. The average Bonchev–Trinajstić information content (AvgIpc) is 3.23. The minimum absolute atomic E-state index is 0.216. The highest BCUT2D eigenvalue weighted by molar-refractivity contribution is 5.75. The summed E-state index contributed by atoms with van der Waals surface area (Å²) in [5, 5.41) is 0. The van der Waals surface area contributed by atoms with E-state index < -0.39 is 11.7 Å². The van der Waals surface area contributed by atoms with Gasteiger partial charge in [0.15, 0.2) is 5.65 Å². The fraction of sp³-hybridized carbons (Fsp3) is 0.375. The fourth-order valence-corrected chi connectivity index (χ4v) is 2.95. The first-order valence-electron chi connectivity index (χ1n) is 8.03. The molecule has 26 heavy (non-hydrogen) atoms. The Balaban J connectivity index is 1.51. The number of nitrogens with one attached hydrogen (secondary N) is 1. The predicted molar refractivity (Wildman–Crippen MR) is 86.9 cm³/mol. The molecule has 0 saturated carbocycles. The van der Waals surface area contributed by atoms with Crippen LogP contribution in [0.2, 0.25) is 0 Å². The van der Waals surface area contributed by atoms with Gasteiger partial charge >= 0.3 is 6.18 Å². The molecule has 10 heteroatoms. The Morgan fingerprint density at radius 1 is 1.27 bits per heavy atom. The van der Waals surface area contributed by atoms with Gasteiger partial charge in [-0.1, -0.05) is 0 Å². The van der Waals surface area contributed by atoms with Crippen LogP contribution in [0.5, 0.6) is 5.88 Å². The molecule has 0 spiro atoms. The number of fused-ring (bicyclic) bond motifs is 1. The smallest absolute Gasteiger partial charge is 0.416 e. The molecule has 3 aromatic heterocycles. The molecular formula is C16H15F3N6O. The number of alkyl halides is 3. The van der Waals surface area contributed by atoms with Crippen LogP contribution >= 0.6 is 0 Å². The zero-order chi connectivity index (χ0) is 18.3. The second-order valence-electron chi connectivity index (χ2n) is 6.05. The molecule has 1 aliphatic heterocycles. The van der Waals surface area contributed by atoms with Crippen molar-refractivity contribution in [2.24, 2.45) is 0 Å². The summed E-state index contributed by atoms with van der Waals surface area (Å²) in [6.45, 7) is 2.72. The van der Waals surface area contributed by atoms with Gasteiger partial charge in [0, 0.05) is 19.2 Å². The van der Waals surface area contributed by atoms with Gasteiger partial charge in [-0.25, -0.2) is 15.0 Å². The van der Waals surface area contributed by atoms with Crippen LogP contribution in [0.3, 0.4) is 0 Å². The SMILES string of the molecule is Cc1nc(OC2CCN(c3cc(C(F)(F)F)ccn3)C2)c2[nH]cnc2n1. The van der Waals surface area contributed by atoms with E-state index >= 15 is 0 Å². The van der Waals surface area contributed by atoms with Crippen molar-refractivity contribution in [2.45, 2.75) is 25.6 Å². The van der Waals surface area contributed by atoms with E-state index in [1.165, 1.54) is 12.5 Å². The van der Waals surface area contributed by atoms with Gasteiger partial charge in [-0.05, 0) is 19.1 Å². The maximum absolute atomic E-state index is 12.9. The number of pyridine rings is 1. The number of rotatable bonds is 3. The Labute approximate surface area is 146 Å². The molecule has 1 unspecified atom stereocenters. The highest BCUT2D eigenvalue weighted by Gasteiger charge is 2.32. The Morgan fingerprint density at radius 3 is 2.92 bits per heavy atom. The lowest BCUT2D eigenvalue weighted by Gasteiger charge is -2.19. The Bertz CT molecular complexity index is 941. The minimum Gasteiger partial charge on any atom is -0.471 e. The lowest BCUT2D eigenvalue weighted by Crippen LogP contribution is -2.26. The van der Waals surface area contributed by atoms with E-state index in [0.29, 0.717) is 42.4 Å². The molecule has 1 aliphatic rings. The van der Waals surface area contributed by atoms with Crippen LogP contribution < -0.4 is 9.64 Å². The van der Waals surface area contributed by atoms with Crippen LogP contribution in [0, 0.1) is 6.92 Å². The molecule has 3 aromatic rings. The molecule has 0 aliphatic carbocycles. The number of nitrogens with zero attached hydrogens (tertiary/aromatic N) is 5. The van der Waals surface area contributed by atoms with Crippen molar-refractivity contribution < 1.29 is 17.9 Å². The molecule has 4 heterocycles. The van der Waals surface area contributed by atoms with Gasteiger partial charge < -0.3 is 14.6 Å². The van der Waals surface area contributed by atoms with E-state index in [-0.39, 0.29) is 11.9 Å². The standard InChI is InChI=1S/C16H15F3N6O/c1-9-23-14-13(21-8-22-14)15(24-9)26-11-3-5-25(7-11)12-6-10(2-4-20-12)16(17,18)19/h2,4,6,8,11H,3,5,7H2,1H3,(H,21,22,23,24). The molecule has 0 amide bonds. The van der Waals surface area contributed by atoms with Gasteiger partial charge in [0.1, 0.15) is 23.3 Å². The highest BCUT2D eigenvalue weighted by atomic mass is 19.4. The molecule has 136 valence electrons. The van der Waals surface area contributed by atoms with E-state index in [9.17, 15) is 13.2 Å². The maximum Gasteiger partial charge on any atom is 0.416 e. The molecular weight excluding hydrogens is 349 g/mol. The molecule has 1 N–H and O–H groups in total. The summed E-state index contributed by atoms with van der Waals surface area (Å²) in [4.78, 5) is 21.4. The van der Waals surface area contributed by atoms with Gasteiger partial charge in [0.2, 0.25) is 5.88 Å². The highest BCUT2D eigenvalue weighted by Crippen LogP contribution is 2.32. The van der Waals surface area contributed by atoms with Crippen molar-refractivity contribution in [2.75, 3.05) is 18.0 Å². The maximum atomic E-state index is 12.9. The third-order valence-electron chi connectivity index (χ3n) is 4.18. The largest absolute Gasteiger partial charge is 0.471 e. The van der Waals surface area contributed by atoms with Crippen molar-refractivity contribution >= 4 is 17.0 Å². The van der Waals surface area contributed by atoms with Gasteiger partial charge in [0.25, 0.3) is 0 Å². The van der Waals surface area contributed by atoms with Gasteiger partial charge in [-0.3, -0.25) is 0 Å². The third kappa shape index (κ3) is 3.14. The topological polar surface area (TPSA) is 79.8 Å². The average molecular weight is 364 g/mol. The number of anilines is 1. The molecule has 0 radical (unpaired) electrons. The zero-order valence-corrected chi connectivity index (χ0v) is 13.8. The first-order valence-corrected chi connectivity index (χ1v) is 8.03. The van der Waals surface area contributed by atoms with Crippen LogP contribution in [-0.4, -0.2) is 44.1 Å².